The number of nitrogens with zero attached hydrogens (tertiary/aromatic N) is 4. The monoisotopic (exact) mass is 330 g/mol. The Bertz CT molecular complexity index is 736. The van der Waals surface area contributed by atoms with E-state index in [9.17, 15) is 14.4 Å². The van der Waals surface area contributed by atoms with Crippen molar-refractivity contribution in [3.05, 3.63) is 12.7 Å². The molecule has 1 aliphatic heterocycles. The molecule has 0 amide bonds. The third-order valence-electron chi connectivity index (χ3n) is 3.47. The van der Waals surface area contributed by atoms with Crippen molar-refractivity contribution in [1.82, 2.24) is 19.5 Å². The van der Waals surface area contributed by atoms with Gasteiger partial charge < -0.3 is 20.1 Å². The van der Waals surface area contributed by atoms with Gasteiger partial charge in [-0.05, 0) is 0 Å². The second kappa shape index (κ2) is 5.27. The van der Waals surface area contributed by atoms with Crippen LogP contribution in [0.4, 0.5) is 0 Å². The first-order valence-corrected chi connectivity index (χ1v) is 7.38. The number of aliphatic hydroxyl groups is 3. The zero-order chi connectivity index (χ0) is 16.1. The molecular formula is C10H14N6O5S. The van der Waals surface area contributed by atoms with Crippen molar-refractivity contribution < 1.29 is 24.3 Å². The third kappa shape index (κ3) is 2.13. The van der Waals surface area contributed by atoms with E-state index in [1.165, 1.54) is 10.9 Å². The van der Waals surface area contributed by atoms with Gasteiger partial charge in [0.25, 0.3) is 0 Å². The van der Waals surface area contributed by atoms with Crippen LogP contribution in [0.2, 0.25) is 0 Å². The van der Waals surface area contributed by atoms with E-state index in [0.717, 1.165) is 6.33 Å². The lowest BCUT2D eigenvalue weighted by Gasteiger charge is -2.26. The second-order valence-corrected chi connectivity index (χ2v) is 5.82. The van der Waals surface area contributed by atoms with Crippen molar-refractivity contribution in [2.45, 2.75) is 29.2 Å². The Morgan fingerprint density at radius 3 is 2.77 bits per heavy atom. The lowest BCUT2D eigenvalue weighted by molar-refractivity contribution is -0.103. The fourth-order valence-corrected chi connectivity index (χ4v) is 2.86. The molecule has 1 unspecified atom stereocenters. The van der Waals surface area contributed by atoms with E-state index in [-0.39, 0.29) is 16.2 Å². The van der Waals surface area contributed by atoms with Gasteiger partial charge in [0.15, 0.2) is 22.6 Å². The fourth-order valence-electron chi connectivity index (χ4n) is 2.37. The number of imidazole rings is 1. The topological polar surface area (TPSA) is 183 Å². The van der Waals surface area contributed by atoms with Crippen molar-refractivity contribution in [3.63, 3.8) is 0 Å². The van der Waals surface area contributed by atoms with E-state index in [1.807, 2.05) is 0 Å². The van der Waals surface area contributed by atoms with Crippen molar-refractivity contribution >= 4 is 22.1 Å². The Hall–Kier alpha value is -1.54. The van der Waals surface area contributed by atoms with Crippen LogP contribution in [0.3, 0.4) is 0 Å². The largest absolute Gasteiger partial charge is 0.394 e. The summed E-state index contributed by atoms with van der Waals surface area (Å²) in [4.78, 5) is 11.8. The Morgan fingerprint density at radius 2 is 2.18 bits per heavy atom. The molecule has 3 heterocycles. The van der Waals surface area contributed by atoms with Crippen LogP contribution in [0.25, 0.3) is 11.2 Å². The number of ether oxygens (including phenoxy) is 1. The standard InChI is InChI=1S/C10H14N6O5S/c11-10(19)6(18)4(1-17)21-9(10)16-3-15-5-7(16)13-2-14-8(5)22(12)20/h2-4,6,9,17-19H,1,11-12H2/t4-,6-,9-,10+,22?/m1/s1. The highest BCUT2D eigenvalue weighted by atomic mass is 32.2. The molecule has 120 valence electrons. The van der Waals surface area contributed by atoms with Gasteiger partial charge in [0.2, 0.25) is 0 Å². The lowest BCUT2D eigenvalue weighted by Crippen LogP contribution is -2.54. The first-order valence-electron chi connectivity index (χ1n) is 6.17. The molecule has 5 atom stereocenters. The van der Waals surface area contributed by atoms with Crippen molar-refractivity contribution in [3.8, 4) is 0 Å². The molecule has 7 N–H and O–H groups in total. The van der Waals surface area contributed by atoms with Gasteiger partial charge in [-0.3, -0.25) is 10.3 Å². The van der Waals surface area contributed by atoms with Gasteiger partial charge in [-0.25, -0.2) is 24.3 Å². The number of fused-ring (bicyclic) bond motifs is 1. The highest BCUT2D eigenvalue weighted by Crippen LogP contribution is 2.36. The zero-order valence-corrected chi connectivity index (χ0v) is 11.9. The molecule has 0 bridgehead atoms. The molecule has 0 saturated carbocycles. The van der Waals surface area contributed by atoms with Gasteiger partial charge >= 0.3 is 0 Å². The molecule has 12 heteroatoms. The molecule has 3 rings (SSSR count). The summed E-state index contributed by atoms with van der Waals surface area (Å²) in [6.07, 6.45) is -1.46. The van der Waals surface area contributed by atoms with Crippen LogP contribution in [-0.4, -0.2) is 63.6 Å². The van der Waals surface area contributed by atoms with Gasteiger partial charge in [0.05, 0.1) is 12.9 Å². The molecule has 2 aromatic heterocycles. The molecule has 1 aliphatic rings. The number of nitrogens with two attached hydrogens (primary N) is 2. The minimum Gasteiger partial charge on any atom is -0.394 e. The van der Waals surface area contributed by atoms with Crippen LogP contribution in [0.15, 0.2) is 17.7 Å². The summed E-state index contributed by atoms with van der Waals surface area (Å²) in [5, 5.41) is 34.6. The van der Waals surface area contributed by atoms with Crippen LogP contribution in [-0.2, 0) is 15.7 Å². The van der Waals surface area contributed by atoms with E-state index < -0.39 is 41.8 Å². The first kappa shape index (κ1) is 15.4. The van der Waals surface area contributed by atoms with Crippen LogP contribution in [0, 0.1) is 0 Å². The Morgan fingerprint density at radius 1 is 1.45 bits per heavy atom. The summed E-state index contributed by atoms with van der Waals surface area (Å²) < 4.78 is 18.1. The summed E-state index contributed by atoms with van der Waals surface area (Å²) in [6, 6.07) is 0. The van der Waals surface area contributed by atoms with Crippen LogP contribution in [0.1, 0.15) is 6.23 Å². The highest BCUT2D eigenvalue weighted by Gasteiger charge is 2.54. The predicted octanol–water partition coefficient (Wildman–Crippen LogP) is -3.29. The minimum atomic E-state index is -2.17. The number of rotatable bonds is 3. The van der Waals surface area contributed by atoms with Gasteiger partial charge in [0.1, 0.15) is 35.0 Å². The maximum Gasteiger partial charge on any atom is 0.188 e. The van der Waals surface area contributed by atoms with Gasteiger partial charge in [0, 0.05) is 0 Å². The van der Waals surface area contributed by atoms with E-state index in [1.54, 1.807) is 0 Å². The molecular weight excluding hydrogens is 316 g/mol. The molecule has 1 fully saturated rings. The highest BCUT2D eigenvalue weighted by molar-refractivity contribution is 7.82. The Kier molecular flexibility index (Phi) is 3.68. The number of aliphatic hydroxyl groups excluding tert-OH is 2. The number of hydrogen-bond acceptors (Lipinski definition) is 9. The lowest BCUT2D eigenvalue weighted by atomic mass is 10.1. The number of hydrogen-bond donors (Lipinski definition) is 5. The second-order valence-electron chi connectivity index (χ2n) is 4.84. The summed E-state index contributed by atoms with van der Waals surface area (Å²) in [7, 11) is -1.88. The molecule has 0 aromatic carbocycles. The summed E-state index contributed by atoms with van der Waals surface area (Å²) in [5.74, 6) is 0. The normalized spacial score (nSPS) is 33.4. The van der Waals surface area contributed by atoms with Crippen molar-refractivity contribution in [2.24, 2.45) is 10.9 Å². The number of aromatic nitrogens is 4. The smallest absolute Gasteiger partial charge is 0.188 e. The van der Waals surface area contributed by atoms with Crippen LogP contribution < -0.4 is 10.9 Å². The Balaban J connectivity index is 2.12. The molecule has 11 nitrogen and oxygen atoms in total. The maximum atomic E-state index is 11.4. The maximum absolute atomic E-state index is 11.4. The third-order valence-corrected chi connectivity index (χ3v) is 4.15. The summed E-state index contributed by atoms with van der Waals surface area (Å²) in [5.41, 5.74) is 3.86. The molecule has 0 spiro atoms. The molecule has 1 saturated heterocycles. The van der Waals surface area contributed by atoms with E-state index in [4.69, 9.17) is 20.7 Å². The molecule has 0 radical (unpaired) electrons. The molecule has 2 aromatic rings. The first-order chi connectivity index (χ1) is 10.4. The fraction of sp³-hybridized carbons (Fsp3) is 0.500. The molecule has 0 aliphatic carbocycles. The molecule has 22 heavy (non-hydrogen) atoms. The van der Waals surface area contributed by atoms with E-state index in [0.29, 0.717) is 0 Å². The van der Waals surface area contributed by atoms with Gasteiger partial charge in [-0.2, -0.15) is 0 Å². The SMILES string of the molecule is NS(=O)c1ncnc2c1ncn2[C@@H]1O[C@H](CO)[C@@H](O)[C@]1(N)O. The van der Waals surface area contributed by atoms with E-state index in [2.05, 4.69) is 15.0 Å². The predicted molar refractivity (Wildman–Crippen MR) is 72.1 cm³/mol. The van der Waals surface area contributed by atoms with Crippen LogP contribution >= 0.6 is 0 Å². The van der Waals surface area contributed by atoms with Crippen LogP contribution in [0.5, 0.6) is 0 Å². The van der Waals surface area contributed by atoms with Gasteiger partial charge in [-0.15, -0.1) is 0 Å². The average molecular weight is 330 g/mol. The Labute approximate surface area is 126 Å². The minimum absolute atomic E-state index is 0.0153. The van der Waals surface area contributed by atoms with Gasteiger partial charge in [-0.1, -0.05) is 0 Å². The zero-order valence-electron chi connectivity index (χ0n) is 11.1. The summed E-state index contributed by atoms with van der Waals surface area (Å²) in [6.45, 7) is -0.531. The van der Waals surface area contributed by atoms with E-state index >= 15 is 0 Å². The summed E-state index contributed by atoms with van der Waals surface area (Å²) >= 11 is 0. The average Bonchev–Trinajstić information content (AvgIpc) is 2.99. The van der Waals surface area contributed by atoms with Crippen molar-refractivity contribution in [1.29, 1.82) is 0 Å². The van der Waals surface area contributed by atoms with Crippen molar-refractivity contribution in [2.75, 3.05) is 6.61 Å². The quantitative estimate of drug-likeness (QED) is 0.284.